The van der Waals surface area contributed by atoms with Crippen LogP contribution in [-0.4, -0.2) is 87.7 Å². The molecule has 392 valence electrons. The zero-order valence-corrected chi connectivity index (χ0v) is 40.9. The van der Waals surface area contributed by atoms with Crippen LogP contribution >= 0.6 is 0 Å². The fourth-order valence-corrected chi connectivity index (χ4v) is 9.75. The molecule has 2 aliphatic heterocycles. The molecule has 1 unspecified atom stereocenters. The van der Waals surface area contributed by atoms with Crippen LogP contribution in [0.5, 0.6) is 34.6 Å². The van der Waals surface area contributed by atoms with Gasteiger partial charge in [-0.3, -0.25) is 34.1 Å². The van der Waals surface area contributed by atoms with E-state index in [1.165, 1.54) is 55.1 Å². The molecule has 3 aliphatic rings. The first-order valence-electron chi connectivity index (χ1n) is 24.3. The van der Waals surface area contributed by atoms with Crippen molar-refractivity contribution in [2.45, 2.75) is 89.7 Å². The molecule has 1 saturated carbocycles. The Hall–Kier alpha value is -8.30. The van der Waals surface area contributed by atoms with E-state index in [9.17, 15) is 41.9 Å². The molecule has 3 N–H and O–H groups in total. The number of hydrogen-bond donors (Lipinski definition) is 3. The Bertz CT molecular complexity index is 3300. The van der Waals surface area contributed by atoms with Crippen molar-refractivity contribution in [3.05, 3.63) is 111 Å². The van der Waals surface area contributed by atoms with Gasteiger partial charge in [0.2, 0.25) is 29.0 Å². The number of pyridine rings is 1. The number of amides is 5. The SMILES string of the molecule is COc1cc2c(Oc3ccc(NC(=O)c4c(C)n(C)c5ccc(OC(F)(F)F)cc5c4=O)cc3F)ncnc2cc1OCCCC(=O)NC1CCC(CCOc2ccc3c(c2)CN(C2CCC(=O)NC2=O)C3=O)CC1. The van der Waals surface area contributed by atoms with Crippen molar-refractivity contribution in [3.8, 4) is 34.6 Å². The molecule has 6 aromatic rings. The average molecular weight is 1040 g/mol. The number of hydrogen-bond acceptors (Lipinski definition) is 13. The Balaban J connectivity index is 0.723. The Labute approximate surface area is 425 Å². The fourth-order valence-electron chi connectivity index (χ4n) is 9.75. The monoisotopic (exact) mass is 1040 g/mol. The number of methoxy groups -OCH3 is 1. The summed E-state index contributed by atoms with van der Waals surface area (Å²) in [4.78, 5) is 86.8. The van der Waals surface area contributed by atoms with Crippen LogP contribution in [0.25, 0.3) is 21.8 Å². The highest BCUT2D eigenvalue weighted by atomic mass is 19.4. The Morgan fingerprint density at radius 1 is 0.853 bits per heavy atom. The predicted molar refractivity (Wildman–Crippen MR) is 262 cm³/mol. The van der Waals surface area contributed by atoms with E-state index in [2.05, 4.69) is 30.7 Å². The first-order valence-corrected chi connectivity index (χ1v) is 24.3. The summed E-state index contributed by atoms with van der Waals surface area (Å²) < 4.78 is 83.3. The second-order valence-electron chi connectivity index (χ2n) is 18.6. The number of piperidine rings is 1. The molecule has 1 aliphatic carbocycles. The molecule has 75 heavy (non-hydrogen) atoms. The lowest BCUT2D eigenvalue weighted by Gasteiger charge is -2.29. The van der Waals surface area contributed by atoms with Crippen LogP contribution in [0.15, 0.2) is 77.9 Å². The van der Waals surface area contributed by atoms with E-state index < -0.39 is 41.2 Å². The van der Waals surface area contributed by atoms with Gasteiger partial charge in [-0.05, 0) is 118 Å². The highest BCUT2D eigenvalue weighted by Gasteiger charge is 2.39. The van der Waals surface area contributed by atoms with Crippen LogP contribution in [0.2, 0.25) is 0 Å². The first-order chi connectivity index (χ1) is 35.9. The molecule has 4 aromatic carbocycles. The van der Waals surface area contributed by atoms with Gasteiger partial charge < -0.3 is 43.8 Å². The highest BCUT2D eigenvalue weighted by molar-refractivity contribution is 6.07. The lowest BCUT2D eigenvalue weighted by Crippen LogP contribution is -2.52. The number of benzene rings is 4. The molecule has 4 heterocycles. The number of alkyl halides is 3. The molecule has 9 rings (SSSR count). The second kappa shape index (κ2) is 21.7. The van der Waals surface area contributed by atoms with Gasteiger partial charge in [0.15, 0.2) is 23.1 Å². The number of fused-ring (bicyclic) bond motifs is 3. The lowest BCUT2D eigenvalue weighted by molar-refractivity contribution is -0.274. The lowest BCUT2D eigenvalue weighted by atomic mass is 9.84. The molecule has 18 nitrogen and oxygen atoms in total. The van der Waals surface area contributed by atoms with Crippen molar-refractivity contribution >= 4 is 57.0 Å². The fraction of sp³-hybridized carbons (Fsp3) is 0.358. The molecular weight excluding hydrogens is 987 g/mol. The van der Waals surface area contributed by atoms with E-state index in [1.54, 1.807) is 24.3 Å². The summed E-state index contributed by atoms with van der Waals surface area (Å²) in [5.41, 5.74) is 0.917. The van der Waals surface area contributed by atoms with Crippen LogP contribution in [0.4, 0.5) is 23.2 Å². The average Bonchev–Trinajstić information content (AvgIpc) is 3.70. The molecular formula is C53H51F4N7O11. The van der Waals surface area contributed by atoms with Crippen LogP contribution in [0.1, 0.15) is 89.8 Å². The third kappa shape index (κ3) is 11.6. The van der Waals surface area contributed by atoms with E-state index >= 15 is 4.39 Å². The number of ether oxygens (including phenoxy) is 5. The summed E-state index contributed by atoms with van der Waals surface area (Å²) in [6, 6.07) is 14.7. The zero-order valence-electron chi connectivity index (χ0n) is 40.9. The maximum Gasteiger partial charge on any atom is 0.573 e. The molecule has 0 spiro atoms. The Morgan fingerprint density at radius 2 is 1.64 bits per heavy atom. The summed E-state index contributed by atoms with van der Waals surface area (Å²) in [5.74, 6) is -2.10. The third-order valence-electron chi connectivity index (χ3n) is 13.7. The number of aromatic nitrogens is 3. The number of rotatable bonds is 17. The smallest absolute Gasteiger partial charge is 0.494 e. The van der Waals surface area contributed by atoms with Gasteiger partial charge in [-0.2, -0.15) is 0 Å². The number of nitrogens with one attached hydrogen (secondary N) is 3. The maximum absolute atomic E-state index is 15.6. The third-order valence-corrected chi connectivity index (χ3v) is 13.7. The first kappa shape index (κ1) is 51.6. The predicted octanol–water partition coefficient (Wildman–Crippen LogP) is 7.95. The van der Waals surface area contributed by atoms with Gasteiger partial charge in [0.05, 0.1) is 42.1 Å². The van der Waals surface area contributed by atoms with Crippen LogP contribution in [-0.2, 0) is 28.0 Å². The standard InChI is InChI=1S/C53H51F4N7O11/c1-28-47(48(67)37-23-34(75-53(55,56)57)12-14-40(37)63(28)2)50(69)61-32-10-16-42(38(54)22-32)74-51-36-24-43(71-3)44(25-39(36)58-27-59-51)73-19-4-5-45(65)60-31-8-6-29(7-9-31)18-20-72-33-11-13-35-30(21-33)26-64(52(35)70)41-15-17-46(66)62-49(41)68/h10-14,16,21-25,27,29,31,41H,4-9,15,17-20,26H2,1-3H3,(H,60,65)(H,61,69)(H,62,66,68). The van der Waals surface area contributed by atoms with E-state index in [0.29, 0.717) is 59.1 Å². The number of anilines is 1. The molecule has 5 amide bonds. The van der Waals surface area contributed by atoms with Gasteiger partial charge >= 0.3 is 6.36 Å². The quantitative estimate of drug-likeness (QED) is 0.0450. The highest BCUT2D eigenvalue weighted by Crippen LogP contribution is 2.38. The minimum atomic E-state index is -5.00. The summed E-state index contributed by atoms with van der Waals surface area (Å²) in [6.07, 6.45) is 1.79. The number of carbonyl (C=O) groups is 5. The van der Waals surface area contributed by atoms with E-state index in [-0.39, 0.29) is 89.2 Å². The van der Waals surface area contributed by atoms with Gasteiger partial charge in [-0.15, -0.1) is 13.2 Å². The van der Waals surface area contributed by atoms with E-state index in [0.717, 1.165) is 55.9 Å². The minimum Gasteiger partial charge on any atom is -0.494 e. The van der Waals surface area contributed by atoms with Crippen LogP contribution < -0.4 is 45.1 Å². The molecule has 2 fully saturated rings. The maximum atomic E-state index is 15.6. The van der Waals surface area contributed by atoms with Crippen LogP contribution in [0, 0.1) is 18.7 Å². The van der Waals surface area contributed by atoms with Crippen LogP contribution in [0.3, 0.4) is 0 Å². The molecule has 1 atom stereocenters. The molecule has 22 heteroatoms. The van der Waals surface area contributed by atoms with Gasteiger partial charge in [0.1, 0.15) is 29.4 Å². The van der Waals surface area contributed by atoms with Gasteiger partial charge in [0, 0.05) is 61.6 Å². The van der Waals surface area contributed by atoms with Crippen molar-refractivity contribution in [3.63, 3.8) is 0 Å². The van der Waals surface area contributed by atoms with Gasteiger partial charge in [-0.25, -0.2) is 14.4 Å². The number of halogens is 4. The molecule has 0 bridgehead atoms. The second-order valence-corrected chi connectivity index (χ2v) is 18.6. The largest absolute Gasteiger partial charge is 0.573 e. The summed E-state index contributed by atoms with van der Waals surface area (Å²) in [7, 11) is 2.98. The summed E-state index contributed by atoms with van der Waals surface area (Å²) in [5, 5.41) is 8.11. The van der Waals surface area contributed by atoms with Crippen molar-refractivity contribution in [2.75, 3.05) is 25.6 Å². The van der Waals surface area contributed by atoms with Crippen molar-refractivity contribution in [2.24, 2.45) is 13.0 Å². The van der Waals surface area contributed by atoms with Crippen molar-refractivity contribution in [1.29, 1.82) is 0 Å². The summed E-state index contributed by atoms with van der Waals surface area (Å²) in [6.45, 7) is 2.47. The van der Waals surface area contributed by atoms with E-state index in [1.807, 2.05) is 6.07 Å². The minimum absolute atomic E-state index is 0.0267. The Morgan fingerprint density at radius 3 is 2.39 bits per heavy atom. The van der Waals surface area contributed by atoms with Crippen molar-refractivity contribution in [1.82, 2.24) is 30.1 Å². The normalized spacial score (nSPS) is 17.6. The Kier molecular flexibility index (Phi) is 14.9. The molecule has 1 saturated heterocycles. The van der Waals surface area contributed by atoms with E-state index in [4.69, 9.17) is 18.9 Å². The molecule has 2 aromatic heterocycles. The number of nitrogens with zero attached hydrogens (tertiary/aromatic N) is 4. The number of carbonyl (C=O) groups excluding carboxylic acids is 5. The topological polar surface area (TPSA) is 219 Å². The number of imide groups is 1. The van der Waals surface area contributed by atoms with Gasteiger partial charge in [0.25, 0.3) is 11.8 Å². The van der Waals surface area contributed by atoms with Crippen molar-refractivity contribution < 1.29 is 65.2 Å². The zero-order chi connectivity index (χ0) is 53.1. The number of aryl methyl sites for hydroxylation is 1. The molecule has 0 radical (unpaired) electrons. The summed E-state index contributed by atoms with van der Waals surface area (Å²) >= 11 is 0. The van der Waals surface area contributed by atoms with Gasteiger partial charge in [-0.1, -0.05) is 0 Å².